The molecule has 0 atom stereocenters. The smallest absolute Gasteiger partial charge is 0.255 e. The number of aromatic amines is 1. The van der Waals surface area contributed by atoms with Gasteiger partial charge in [-0.05, 0) is 35.7 Å². The fourth-order valence-corrected chi connectivity index (χ4v) is 2.67. The minimum atomic E-state index is -0.103. The number of amides is 1. The van der Waals surface area contributed by atoms with Crippen LogP contribution in [0, 0.1) is 0 Å². The highest BCUT2D eigenvalue weighted by Gasteiger charge is 2.14. The molecule has 5 nitrogen and oxygen atoms in total. The number of carbonyl (C=O) groups is 1. The minimum absolute atomic E-state index is 0.103. The average molecular weight is 308 g/mol. The zero-order valence-corrected chi connectivity index (χ0v) is 13.6. The fraction of sp³-hybridized carbons (Fsp3) is 0.222. The van der Waals surface area contributed by atoms with Gasteiger partial charge in [0.25, 0.3) is 5.91 Å². The standard InChI is InChI=1S/C18H20N4O/c1-4-11-9-20-17-14(11)8-13(10-21-17)12-5-6-16(19)15(7-12)18(23)22(2)3/h5-10H,4,19H2,1-3H3,(H,20,21). The number of hydrogen-bond donors (Lipinski definition) is 2. The molecule has 2 heterocycles. The third-order valence-electron chi connectivity index (χ3n) is 4.02. The maximum atomic E-state index is 12.2. The maximum Gasteiger partial charge on any atom is 0.255 e. The Balaban J connectivity index is 2.11. The normalized spacial score (nSPS) is 10.9. The van der Waals surface area contributed by atoms with E-state index < -0.39 is 0 Å². The molecule has 0 aliphatic rings. The minimum Gasteiger partial charge on any atom is -0.398 e. The van der Waals surface area contributed by atoms with Gasteiger partial charge in [-0.3, -0.25) is 4.79 Å². The lowest BCUT2D eigenvalue weighted by Crippen LogP contribution is -2.22. The van der Waals surface area contributed by atoms with E-state index in [0.717, 1.165) is 28.6 Å². The first-order valence-electron chi connectivity index (χ1n) is 7.58. The number of pyridine rings is 1. The summed E-state index contributed by atoms with van der Waals surface area (Å²) in [6.07, 6.45) is 4.75. The van der Waals surface area contributed by atoms with Crippen molar-refractivity contribution >= 4 is 22.6 Å². The Morgan fingerprint density at radius 3 is 2.74 bits per heavy atom. The molecule has 2 aromatic heterocycles. The Morgan fingerprint density at radius 2 is 2.04 bits per heavy atom. The van der Waals surface area contributed by atoms with Gasteiger partial charge >= 0.3 is 0 Å². The van der Waals surface area contributed by atoms with Crippen molar-refractivity contribution in [3.63, 3.8) is 0 Å². The van der Waals surface area contributed by atoms with Crippen LogP contribution in [0.3, 0.4) is 0 Å². The SMILES string of the molecule is CCc1c[nH]c2ncc(-c3ccc(N)c(C(=O)N(C)C)c3)cc12. The number of nitrogens with zero attached hydrogens (tertiary/aromatic N) is 2. The summed E-state index contributed by atoms with van der Waals surface area (Å²) in [5, 5.41) is 1.11. The summed E-state index contributed by atoms with van der Waals surface area (Å²) in [7, 11) is 3.44. The Hall–Kier alpha value is -2.82. The topological polar surface area (TPSA) is 75.0 Å². The molecule has 1 amide bonds. The van der Waals surface area contributed by atoms with E-state index in [-0.39, 0.29) is 5.91 Å². The molecular weight excluding hydrogens is 288 g/mol. The van der Waals surface area contributed by atoms with Crippen molar-refractivity contribution in [2.75, 3.05) is 19.8 Å². The van der Waals surface area contributed by atoms with Gasteiger partial charge < -0.3 is 15.6 Å². The van der Waals surface area contributed by atoms with E-state index in [2.05, 4.69) is 23.0 Å². The number of anilines is 1. The summed E-state index contributed by atoms with van der Waals surface area (Å²) in [4.78, 5) is 21.4. The number of aryl methyl sites for hydroxylation is 1. The number of nitrogen functional groups attached to an aromatic ring is 1. The molecule has 23 heavy (non-hydrogen) atoms. The monoisotopic (exact) mass is 308 g/mol. The van der Waals surface area contributed by atoms with Crippen molar-refractivity contribution in [3.05, 3.63) is 47.8 Å². The van der Waals surface area contributed by atoms with E-state index in [9.17, 15) is 4.79 Å². The Labute approximate surface area is 135 Å². The number of aromatic nitrogens is 2. The molecule has 0 bridgehead atoms. The number of nitrogens with one attached hydrogen (secondary N) is 1. The molecule has 0 radical (unpaired) electrons. The van der Waals surface area contributed by atoms with Crippen molar-refractivity contribution < 1.29 is 4.79 Å². The fourth-order valence-electron chi connectivity index (χ4n) is 2.67. The molecule has 0 aliphatic heterocycles. The average Bonchev–Trinajstić information content (AvgIpc) is 2.96. The van der Waals surface area contributed by atoms with Crippen molar-refractivity contribution in [3.8, 4) is 11.1 Å². The number of carbonyl (C=O) groups excluding carboxylic acids is 1. The molecule has 1 aromatic carbocycles. The molecule has 0 saturated heterocycles. The van der Waals surface area contributed by atoms with Gasteiger partial charge in [-0.15, -0.1) is 0 Å². The molecule has 0 aliphatic carbocycles. The third kappa shape index (κ3) is 2.65. The van der Waals surface area contributed by atoms with E-state index in [1.165, 1.54) is 10.5 Å². The number of fused-ring (bicyclic) bond motifs is 1. The summed E-state index contributed by atoms with van der Waals surface area (Å²) in [6, 6.07) is 7.63. The van der Waals surface area contributed by atoms with Gasteiger partial charge in [0.05, 0.1) is 5.56 Å². The van der Waals surface area contributed by atoms with Crippen LogP contribution in [0.5, 0.6) is 0 Å². The summed E-state index contributed by atoms with van der Waals surface area (Å²) < 4.78 is 0. The highest BCUT2D eigenvalue weighted by Crippen LogP contribution is 2.27. The zero-order valence-electron chi connectivity index (χ0n) is 13.6. The molecule has 3 rings (SSSR count). The van der Waals surface area contributed by atoms with Crippen LogP contribution in [0.15, 0.2) is 36.7 Å². The molecular formula is C18H20N4O. The Morgan fingerprint density at radius 1 is 1.26 bits per heavy atom. The second-order valence-electron chi connectivity index (χ2n) is 5.79. The van der Waals surface area contributed by atoms with E-state index >= 15 is 0 Å². The quantitative estimate of drug-likeness (QED) is 0.730. The van der Waals surface area contributed by atoms with Crippen molar-refractivity contribution in [2.45, 2.75) is 13.3 Å². The van der Waals surface area contributed by atoms with Gasteiger partial charge in [0, 0.05) is 43.1 Å². The van der Waals surface area contributed by atoms with Crippen LogP contribution in [0.4, 0.5) is 5.69 Å². The van der Waals surface area contributed by atoms with Gasteiger partial charge in [0.2, 0.25) is 0 Å². The van der Waals surface area contributed by atoms with Crippen LogP contribution >= 0.6 is 0 Å². The number of rotatable bonds is 3. The van der Waals surface area contributed by atoms with Crippen molar-refractivity contribution in [1.82, 2.24) is 14.9 Å². The molecule has 0 fully saturated rings. The van der Waals surface area contributed by atoms with E-state index in [1.54, 1.807) is 20.2 Å². The lowest BCUT2D eigenvalue weighted by Gasteiger charge is -2.13. The summed E-state index contributed by atoms with van der Waals surface area (Å²) >= 11 is 0. The van der Waals surface area contributed by atoms with Crippen LogP contribution < -0.4 is 5.73 Å². The van der Waals surface area contributed by atoms with Crippen LogP contribution in [0.1, 0.15) is 22.8 Å². The van der Waals surface area contributed by atoms with Crippen LogP contribution in [0.2, 0.25) is 0 Å². The third-order valence-corrected chi connectivity index (χ3v) is 4.02. The second-order valence-corrected chi connectivity index (χ2v) is 5.79. The van der Waals surface area contributed by atoms with Crippen LogP contribution in [-0.4, -0.2) is 34.9 Å². The van der Waals surface area contributed by atoms with Gasteiger partial charge in [0.15, 0.2) is 0 Å². The first-order valence-corrected chi connectivity index (χ1v) is 7.58. The Kier molecular flexibility index (Phi) is 3.78. The largest absolute Gasteiger partial charge is 0.398 e. The first kappa shape index (κ1) is 15.1. The molecule has 0 saturated carbocycles. The maximum absolute atomic E-state index is 12.2. The molecule has 118 valence electrons. The number of nitrogens with two attached hydrogens (primary N) is 1. The molecule has 0 spiro atoms. The molecule has 3 N–H and O–H groups in total. The van der Waals surface area contributed by atoms with Crippen molar-refractivity contribution in [2.24, 2.45) is 0 Å². The lowest BCUT2D eigenvalue weighted by molar-refractivity contribution is 0.0828. The van der Waals surface area contributed by atoms with E-state index in [1.807, 2.05) is 24.5 Å². The number of H-pyrrole nitrogens is 1. The zero-order chi connectivity index (χ0) is 16.6. The van der Waals surface area contributed by atoms with Gasteiger partial charge in [0.1, 0.15) is 5.65 Å². The van der Waals surface area contributed by atoms with Gasteiger partial charge in [-0.1, -0.05) is 13.0 Å². The lowest BCUT2D eigenvalue weighted by atomic mass is 10.0. The summed E-state index contributed by atoms with van der Waals surface area (Å²) in [5.74, 6) is -0.103. The molecule has 0 unspecified atom stereocenters. The molecule has 3 aromatic rings. The van der Waals surface area contributed by atoms with Gasteiger partial charge in [-0.25, -0.2) is 4.98 Å². The summed E-state index contributed by atoms with van der Waals surface area (Å²) in [6.45, 7) is 2.12. The van der Waals surface area contributed by atoms with E-state index in [4.69, 9.17) is 5.73 Å². The van der Waals surface area contributed by atoms with E-state index in [0.29, 0.717) is 11.3 Å². The van der Waals surface area contributed by atoms with Crippen LogP contribution in [-0.2, 0) is 6.42 Å². The number of benzene rings is 1. The predicted octanol–water partition coefficient (Wildman–Crippen LogP) is 3.08. The molecule has 5 heteroatoms. The number of hydrogen-bond acceptors (Lipinski definition) is 3. The van der Waals surface area contributed by atoms with Crippen LogP contribution in [0.25, 0.3) is 22.2 Å². The highest BCUT2D eigenvalue weighted by atomic mass is 16.2. The summed E-state index contributed by atoms with van der Waals surface area (Å²) in [5.41, 5.74) is 11.0. The predicted molar refractivity (Wildman–Crippen MR) is 93.3 cm³/mol. The second kappa shape index (κ2) is 5.76. The van der Waals surface area contributed by atoms with Gasteiger partial charge in [-0.2, -0.15) is 0 Å². The van der Waals surface area contributed by atoms with Crippen molar-refractivity contribution in [1.29, 1.82) is 0 Å². The first-order chi connectivity index (χ1) is 11.0. The highest BCUT2D eigenvalue weighted by molar-refractivity contribution is 6.00. The Bertz CT molecular complexity index is 880.